The first-order chi connectivity index (χ1) is 7.58. The van der Waals surface area contributed by atoms with Crippen LogP contribution in [0.1, 0.15) is 27.2 Å². The van der Waals surface area contributed by atoms with Crippen LogP contribution >= 0.6 is 0 Å². The molecule has 0 spiro atoms. The third kappa shape index (κ3) is 4.10. The maximum absolute atomic E-state index is 11.4. The molecule has 0 aromatic heterocycles. The average molecular weight is 230 g/mol. The lowest BCUT2D eigenvalue weighted by atomic mass is 10.2. The predicted molar refractivity (Wildman–Crippen MR) is 62.1 cm³/mol. The van der Waals surface area contributed by atoms with E-state index in [9.17, 15) is 4.79 Å². The van der Waals surface area contributed by atoms with Crippen LogP contribution in [0.25, 0.3) is 0 Å². The molecule has 0 bridgehead atoms. The van der Waals surface area contributed by atoms with Gasteiger partial charge in [0.1, 0.15) is 19.7 Å². The van der Waals surface area contributed by atoms with Crippen molar-refractivity contribution in [1.82, 2.24) is 0 Å². The van der Waals surface area contributed by atoms with Crippen molar-refractivity contribution in [2.75, 3.05) is 39.4 Å². The molecule has 1 rings (SSSR count). The van der Waals surface area contributed by atoms with Gasteiger partial charge in [0.2, 0.25) is 0 Å². The van der Waals surface area contributed by atoms with Crippen molar-refractivity contribution in [1.29, 1.82) is 0 Å². The van der Waals surface area contributed by atoms with E-state index in [2.05, 4.69) is 6.92 Å². The molecule has 0 saturated carbocycles. The number of esters is 1. The van der Waals surface area contributed by atoms with Gasteiger partial charge in [-0.15, -0.1) is 0 Å². The smallest absolute Gasteiger partial charge is 0.362 e. The summed E-state index contributed by atoms with van der Waals surface area (Å²) in [4.78, 5) is 11.4. The van der Waals surface area contributed by atoms with E-state index in [1.165, 1.54) is 0 Å². The van der Waals surface area contributed by atoms with Crippen LogP contribution in [0, 0.1) is 0 Å². The van der Waals surface area contributed by atoms with Crippen LogP contribution in [0.5, 0.6) is 0 Å². The summed E-state index contributed by atoms with van der Waals surface area (Å²) >= 11 is 0. The Bertz CT molecular complexity index is 226. The molecule has 1 saturated heterocycles. The van der Waals surface area contributed by atoms with Crippen LogP contribution < -0.4 is 0 Å². The van der Waals surface area contributed by atoms with Gasteiger partial charge in [0.25, 0.3) is 0 Å². The fourth-order valence-corrected chi connectivity index (χ4v) is 2.20. The van der Waals surface area contributed by atoms with E-state index in [0.29, 0.717) is 13.2 Å². The van der Waals surface area contributed by atoms with E-state index < -0.39 is 0 Å². The Labute approximate surface area is 98.1 Å². The number of morpholine rings is 1. The first-order valence-corrected chi connectivity index (χ1v) is 6.20. The van der Waals surface area contributed by atoms with E-state index in [4.69, 9.17) is 9.47 Å². The second kappa shape index (κ2) is 6.21. The molecule has 0 N–H and O–H groups in total. The molecule has 1 heterocycles. The number of rotatable bonds is 6. The van der Waals surface area contributed by atoms with Gasteiger partial charge in [-0.25, -0.2) is 4.79 Å². The zero-order valence-corrected chi connectivity index (χ0v) is 10.7. The van der Waals surface area contributed by atoms with E-state index in [0.717, 1.165) is 37.1 Å². The Morgan fingerprint density at radius 3 is 2.75 bits per heavy atom. The molecule has 0 aromatic rings. The third-order valence-electron chi connectivity index (χ3n) is 3.01. The molecule has 1 fully saturated rings. The van der Waals surface area contributed by atoms with Crippen LogP contribution in [-0.4, -0.2) is 55.9 Å². The van der Waals surface area contributed by atoms with E-state index >= 15 is 0 Å². The van der Waals surface area contributed by atoms with Gasteiger partial charge in [0.05, 0.1) is 19.3 Å². The SMILES string of the molecule is CCC[N+]1(CCOC(C)C)CCOC(=O)C1. The van der Waals surface area contributed by atoms with E-state index in [-0.39, 0.29) is 12.1 Å². The topological polar surface area (TPSA) is 35.5 Å². The lowest BCUT2D eigenvalue weighted by Gasteiger charge is -2.40. The highest BCUT2D eigenvalue weighted by Gasteiger charge is 2.34. The molecule has 1 atom stereocenters. The molecular weight excluding hydrogens is 206 g/mol. The molecule has 0 aliphatic carbocycles. The summed E-state index contributed by atoms with van der Waals surface area (Å²) in [5.41, 5.74) is 0. The summed E-state index contributed by atoms with van der Waals surface area (Å²) in [6.07, 6.45) is 1.35. The Balaban J connectivity index is 2.47. The van der Waals surface area contributed by atoms with Crippen molar-refractivity contribution >= 4 is 5.97 Å². The van der Waals surface area contributed by atoms with Crippen LogP contribution in [0.15, 0.2) is 0 Å². The Hall–Kier alpha value is -0.610. The number of cyclic esters (lactones) is 1. The van der Waals surface area contributed by atoms with Crippen molar-refractivity contribution in [3.63, 3.8) is 0 Å². The molecule has 16 heavy (non-hydrogen) atoms. The molecule has 1 aliphatic rings. The summed E-state index contributed by atoms with van der Waals surface area (Å²) in [6, 6.07) is 0. The average Bonchev–Trinajstić information content (AvgIpc) is 2.17. The van der Waals surface area contributed by atoms with E-state index in [1.54, 1.807) is 0 Å². The maximum Gasteiger partial charge on any atom is 0.362 e. The first-order valence-electron chi connectivity index (χ1n) is 6.20. The lowest BCUT2D eigenvalue weighted by molar-refractivity contribution is -0.926. The molecule has 4 heteroatoms. The number of quaternary nitrogens is 1. The fourth-order valence-electron chi connectivity index (χ4n) is 2.20. The summed E-state index contributed by atoms with van der Waals surface area (Å²) in [5.74, 6) is -0.0655. The standard InChI is InChI=1S/C12H24NO3/c1-4-5-13(6-8-15-11(2)3)7-9-16-12(14)10-13/h11H,4-10H2,1-3H3/q+1. The minimum Gasteiger partial charge on any atom is -0.456 e. The second-order valence-corrected chi connectivity index (χ2v) is 4.81. The Kier molecular flexibility index (Phi) is 5.22. The van der Waals surface area contributed by atoms with Crippen LogP contribution in [0.2, 0.25) is 0 Å². The van der Waals surface area contributed by atoms with Crippen LogP contribution in [-0.2, 0) is 14.3 Å². The number of hydrogen-bond donors (Lipinski definition) is 0. The van der Waals surface area contributed by atoms with Crippen LogP contribution in [0.4, 0.5) is 0 Å². The summed E-state index contributed by atoms with van der Waals surface area (Å²) in [7, 11) is 0. The third-order valence-corrected chi connectivity index (χ3v) is 3.01. The van der Waals surface area contributed by atoms with Crippen molar-refractivity contribution in [3.05, 3.63) is 0 Å². The van der Waals surface area contributed by atoms with Gasteiger partial charge in [-0.1, -0.05) is 6.92 Å². The van der Waals surface area contributed by atoms with Gasteiger partial charge in [-0.05, 0) is 20.3 Å². The zero-order chi connectivity index (χ0) is 12.0. The van der Waals surface area contributed by atoms with Gasteiger partial charge in [-0.3, -0.25) is 0 Å². The zero-order valence-electron chi connectivity index (χ0n) is 10.7. The normalized spacial score (nSPS) is 25.9. The number of carbonyl (C=O) groups excluding carboxylic acids is 1. The van der Waals surface area contributed by atoms with Crippen molar-refractivity contribution < 1.29 is 18.8 Å². The molecule has 1 aliphatic heterocycles. The summed E-state index contributed by atoms with van der Waals surface area (Å²) < 4.78 is 11.4. The Morgan fingerprint density at radius 2 is 2.19 bits per heavy atom. The van der Waals surface area contributed by atoms with Gasteiger partial charge < -0.3 is 14.0 Å². The number of nitrogens with zero attached hydrogens (tertiary/aromatic N) is 1. The van der Waals surface area contributed by atoms with Gasteiger partial charge in [0, 0.05) is 0 Å². The molecule has 0 amide bonds. The predicted octanol–water partition coefficient (Wildman–Crippen LogP) is 1.19. The van der Waals surface area contributed by atoms with Crippen molar-refractivity contribution in [2.45, 2.75) is 33.3 Å². The molecule has 94 valence electrons. The fraction of sp³-hybridized carbons (Fsp3) is 0.917. The van der Waals surface area contributed by atoms with E-state index in [1.807, 2.05) is 13.8 Å². The second-order valence-electron chi connectivity index (χ2n) is 4.81. The first kappa shape index (κ1) is 13.5. The van der Waals surface area contributed by atoms with Crippen LogP contribution in [0.3, 0.4) is 0 Å². The molecular formula is C12H24NO3+. The highest BCUT2D eigenvalue weighted by atomic mass is 16.5. The lowest BCUT2D eigenvalue weighted by Crippen LogP contribution is -2.58. The molecule has 0 aromatic carbocycles. The molecule has 4 nitrogen and oxygen atoms in total. The molecule has 0 radical (unpaired) electrons. The number of ether oxygens (including phenoxy) is 2. The maximum atomic E-state index is 11.4. The van der Waals surface area contributed by atoms with Crippen molar-refractivity contribution in [2.24, 2.45) is 0 Å². The van der Waals surface area contributed by atoms with Gasteiger partial charge in [-0.2, -0.15) is 0 Å². The minimum atomic E-state index is -0.0655. The van der Waals surface area contributed by atoms with Gasteiger partial charge >= 0.3 is 5.97 Å². The number of hydrogen-bond acceptors (Lipinski definition) is 3. The molecule has 1 unspecified atom stereocenters. The highest BCUT2D eigenvalue weighted by molar-refractivity contribution is 5.71. The quantitative estimate of drug-likeness (QED) is 0.508. The largest absolute Gasteiger partial charge is 0.456 e. The van der Waals surface area contributed by atoms with Gasteiger partial charge in [0.15, 0.2) is 6.54 Å². The summed E-state index contributed by atoms with van der Waals surface area (Å²) in [5, 5.41) is 0. The summed E-state index contributed by atoms with van der Waals surface area (Å²) in [6.45, 7) is 10.9. The Morgan fingerprint density at radius 1 is 1.44 bits per heavy atom. The monoisotopic (exact) mass is 230 g/mol. The minimum absolute atomic E-state index is 0.0655. The highest BCUT2D eigenvalue weighted by Crippen LogP contribution is 2.13. The number of carbonyl (C=O) groups is 1. The van der Waals surface area contributed by atoms with Crippen molar-refractivity contribution in [3.8, 4) is 0 Å².